The molecule has 0 spiro atoms. The highest BCUT2D eigenvalue weighted by Gasteiger charge is 2.52. The molecule has 1 fully saturated rings. The van der Waals surface area contributed by atoms with Crippen LogP contribution in [0.1, 0.15) is 26.5 Å². The number of allylic oxidation sites excluding steroid dienone is 2. The predicted molar refractivity (Wildman–Crippen MR) is 83.2 cm³/mol. The second kappa shape index (κ2) is 5.75. The zero-order valence-electron chi connectivity index (χ0n) is 13.6. The van der Waals surface area contributed by atoms with Crippen LogP contribution in [0.2, 0.25) is 0 Å². The summed E-state index contributed by atoms with van der Waals surface area (Å²) < 4.78 is 1.67. The summed E-state index contributed by atoms with van der Waals surface area (Å²) in [6.07, 6.45) is 5.02. The van der Waals surface area contributed by atoms with E-state index in [0.717, 1.165) is 5.69 Å². The maximum Gasteiger partial charge on any atom is 0.332 e. The van der Waals surface area contributed by atoms with E-state index < -0.39 is 5.54 Å². The highest BCUT2D eigenvalue weighted by molar-refractivity contribution is 6.11. The lowest BCUT2D eigenvalue weighted by Crippen LogP contribution is -2.43. The highest BCUT2D eigenvalue weighted by atomic mass is 16.2. The molecule has 0 unspecified atom stereocenters. The Hall–Kier alpha value is -2.44. The van der Waals surface area contributed by atoms with Gasteiger partial charge in [-0.15, -0.1) is 0 Å². The fraction of sp³-hybridized carbons (Fsp3) is 0.467. The number of hydrogen-bond acceptors (Lipinski definition) is 4. The normalized spacial score (nSPS) is 18.9. The molecule has 0 N–H and O–H groups in total. The summed E-state index contributed by atoms with van der Waals surface area (Å²) >= 11 is 0. The zero-order valence-corrected chi connectivity index (χ0v) is 13.6. The Kier molecular flexibility index (Phi) is 4.16. The fourth-order valence-corrected chi connectivity index (χ4v) is 2.43. The summed E-state index contributed by atoms with van der Waals surface area (Å²) in [6.45, 7) is 5.54. The Morgan fingerprint density at radius 2 is 2.09 bits per heavy atom. The molecule has 0 aromatic carbocycles. The van der Waals surface area contributed by atoms with Crippen LogP contribution in [-0.2, 0) is 18.4 Å². The summed E-state index contributed by atoms with van der Waals surface area (Å²) in [5.74, 6) is -0.263. The number of carbonyl (C=O) groups is 2. The van der Waals surface area contributed by atoms with Crippen LogP contribution in [0, 0.1) is 0 Å². The summed E-state index contributed by atoms with van der Waals surface area (Å²) in [4.78, 5) is 32.0. The first-order chi connectivity index (χ1) is 10.3. The van der Waals surface area contributed by atoms with Crippen molar-refractivity contribution in [3.8, 4) is 0 Å². The number of rotatable bonds is 4. The molecule has 2 heterocycles. The molecule has 7 heteroatoms. The minimum Gasteiger partial charge on any atom is -0.304 e. The van der Waals surface area contributed by atoms with Gasteiger partial charge in [-0.25, -0.2) is 9.69 Å². The topological polar surface area (TPSA) is 70.8 Å². The van der Waals surface area contributed by atoms with Gasteiger partial charge in [0.25, 0.3) is 5.91 Å². The van der Waals surface area contributed by atoms with E-state index in [4.69, 9.17) is 0 Å². The first-order valence-electron chi connectivity index (χ1n) is 7.06. The van der Waals surface area contributed by atoms with Gasteiger partial charge < -0.3 is 4.90 Å². The van der Waals surface area contributed by atoms with Gasteiger partial charge in [-0.2, -0.15) is 5.10 Å². The third kappa shape index (κ3) is 2.54. The Labute approximate surface area is 129 Å². The molecule has 22 heavy (non-hydrogen) atoms. The van der Waals surface area contributed by atoms with Gasteiger partial charge in [-0.1, -0.05) is 6.08 Å². The third-order valence-corrected chi connectivity index (χ3v) is 3.73. The molecule has 0 aliphatic carbocycles. The number of amides is 3. The maximum absolute atomic E-state index is 12.7. The zero-order chi connectivity index (χ0) is 16.5. The summed E-state index contributed by atoms with van der Waals surface area (Å²) in [5, 5.41) is 4.28. The molecular weight excluding hydrogens is 282 g/mol. The summed E-state index contributed by atoms with van der Waals surface area (Å²) in [6, 6.07) is 1.48. The highest BCUT2D eigenvalue weighted by Crippen LogP contribution is 2.31. The molecule has 1 aromatic heterocycles. The molecule has 7 nitrogen and oxygen atoms in total. The minimum absolute atomic E-state index is 0.263. The monoisotopic (exact) mass is 303 g/mol. The Morgan fingerprint density at radius 1 is 1.41 bits per heavy atom. The van der Waals surface area contributed by atoms with Crippen LogP contribution in [0.25, 0.3) is 0 Å². The molecule has 0 radical (unpaired) electrons. The molecule has 1 saturated heterocycles. The van der Waals surface area contributed by atoms with Crippen LogP contribution in [0.5, 0.6) is 0 Å². The van der Waals surface area contributed by atoms with Gasteiger partial charge in [0.05, 0.1) is 17.9 Å². The average Bonchev–Trinajstić information content (AvgIpc) is 2.94. The number of aliphatic imine (C=N–C) groups is 1. The van der Waals surface area contributed by atoms with Crippen LogP contribution in [-0.4, -0.2) is 50.3 Å². The molecule has 1 aliphatic heterocycles. The number of urea groups is 1. The number of nitrogens with zero attached hydrogens (tertiary/aromatic N) is 5. The van der Waals surface area contributed by atoms with E-state index in [0.29, 0.717) is 5.70 Å². The van der Waals surface area contributed by atoms with Crippen molar-refractivity contribution in [1.82, 2.24) is 19.6 Å². The van der Waals surface area contributed by atoms with E-state index in [-0.39, 0.29) is 18.5 Å². The van der Waals surface area contributed by atoms with E-state index in [2.05, 4.69) is 10.1 Å². The van der Waals surface area contributed by atoms with Crippen molar-refractivity contribution in [3.63, 3.8) is 0 Å². The van der Waals surface area contributed by atoms with E-state index in [1.54, 1.807) is 38.6 Å². The van der Waals surface area contributed by atoms with Crippen LogP contribution in [0.3, 0.4) is 0 Å². The fourth-order valence-electron chi connectivity index (χ4n) is 2.43. The van der Waals surface area contributed by atoms with Gasteiger partial charge >= 0.3 is 6.03 Å². The molecular formula is C15H21N5O2. The van der Waals surface area contributed by atoms with Crippen molar-refractivity contribution in [2.75, 3.05) is 7.05 Å². The molecule has 1 aliphatic rings. The summed E-state index contributed by atoms with van der Waals surface area (Å²) in [5.41, 5.74) is 0.295. The van der Waals surface area contributed by atoms with E-state index in [1.807, 2.05) is 19.3 Å². The number of aryl methyl sites for hydroxylation is 1. The number of imide groups is 1. The summed E-state index contributed by atoms with van der Waals surface area (Å²) in [7, 11) is 3.42. The molecule has 0 atom stereocenters. The van der Waals surface area contributed by atoms with Gasteiger partial charge in [0.2, 0.25) is 0 Å². The predicted octanol–water partition coefficient (Wildman–Crippen LogP) is 1.57. The Balaban J connectivity index is 2.35. The van der Waals surface area contributed by atoms with Crippen molar-refractivity contribution in [1.29, 1.82) is 0 Å². The minimum atomic E-state index is -0.926. The van der Waals surface area contributed by atoms with E-state index >= 15 is 0 Å². The average molecular weight is 303 g/mol. The van der Waals surface area contributed by atoms with Gasteiger partial charge in [0.1, 0.15) is 5.54 Å². The largest absolute Gasteiger partial charge is 0.332 e. The van der Waals surface area contributed by atoms with Gasteiger partial charge in [-0.05, 0) is 26.8 Å². The molecule has 0 bridgehead atoms. The SMILES string of the molecule is CC=C(C=NC)N1C(=O)N(Cc2ccn(C)n2)C(C)(C)C1=O. The molecule has 1 aromatic rings. The van der Waals surface area contributed by atoms with Crippen LogP contribution in [0.4, 0.5) is 4.79 Å². The second-order valence-corrected chi connectivity index (χ2v) is 5.65. The van der Waals surface area contributed by atoms with Crippen molar-refractivity contribution in [2.45, 2.75) is 32.9 Å². The van der Waals surface area contributed by atoms with Gasteiger partial charge in [0.15, 0.2) is 0 Å². The molecule has 118 valence electrons. The van der Waals surface area contributed by atoms with Crippen molar-refractivity contribution in [3.05, 3.63) is 29.7 Å². The lowest BCUT2D eigenvalue weighted by molar-refractivity contribution is -0.130. The molecule has 2 rings (SSSR count). The van der Waals surface area contributed by atoms with Crippen molar-refractivity contribution < 1.29 is 9.59 Å². The number of hydrogen-bond donors (Lipinski definition) is 0. The van der Waals surface area contributed by atoms with Crippen LogP contribution >= 0.6 is 0 Å². The van der Waals surface area contributed by atoms with Gasteiger partial charge in [0, 0.05) is 26.5 Å². The van der Waals surface area contributed by atoms with E-state index in [9.17, 15) is 9.59 Å². The number of carbonyl (C=O) groups excluding carboxylic acids is 2. The lowest BCUT2D eigenvalue weighted by Gasteiger charge is -2.26. The number of aromatic nitrogens is 2. The second-order valence-electron chi connectivity index (χ2n) is 5.65. The van der Waals surface area contributed by atoms with Crippen molar-refractivity contribution >= 4 is 18.2 Å². The molecule has 3 amide bonds. The Bertz CT molecular complexity index is 657. The quantitative estimate of drug-likeness (QED) is 0.626. The third-order valence-electron chi connectivity index (χ3n) is 3.73. The standard InChI is InChI=1S/C15H21N5O2/c1-6-12(9-16-4)20-13(21)15(2,3)19(14(20)22)10-11-7-8-18(5)17-11/h6-9H,10H2,1-5H3. The molecule has 0 saturated carbocycles. The lowest BCUT2D eigenvalue weighted by atomic mass is 10.0. The first kappa shape index (κ1) is 15.9. The smallest absolute Gasteiger partial charge is 0.304 e. The van der Waals surface area contributed by atoms with E-state index in [1.165, 1.54) is 16.0 Å². The Morgan fingerprint density at radius 3 is 2.59 bits per heavy atom. The van der Waals surface area contributed by atoms with Gasteiger partial charge in [-0.3, -0.25) is 14.5 Å². The first-order valence-corrected chi connectivity index (χ1v) is 7.06. The maximum atomic E-state index is 12.7. The van der Waals surface area contributed by atoms with Crippen molar-refractivity contribution in [2.24, 2.45) is 12.0 Å². The van der Waals surface area contributed by atoms with Crippen LogP contribution < -0.4 is 0 Å². The van der Waals surface area contributed by atoms with Crippen LogP contribution in [0.15, 0.2) is 29.0 Å².